The van der Waals surface area contributed by atoms with Gasteiger partial charge in [-0.1, -0.05) is 112 Å². The maximum Gasteiger partial charge on any atom is 0.289 e. The molecule has 0 saturated heterocycles. The van der Waals surface area contributed by atoms with Crippen LogP contribution >= 0.6 is 0 Å². The highest BCUT2D eigenvalue weighted by Crippen LogP contribution is 2.39. The Labute approximate surface area is 251 Å². The topological polar surface area (TPSA) is 92.5 Å². The number of nitro groups is 1. The molecule has 5 rings (SSSR count). The van der Waals surface area contributed by atoms with Crippen LogP contribution < -0.4 is 5.32 Å². The van der Waals surface area contributed by atoms with Crippen LogP contribution in [0.4, 0.5) is 5.69 Å². The third-order valence-electron chi connectivity index (χ3n) is 8.75. The summed E-state index contributed by atoms with van der Waals surface area (Å²) in [6.45, 7) is 5.37. The summed E-state index contributed by atoms with van der Waals surface area (Å²) >= 11 is 0. The van der Waals surface area contributed by atoms with Crippen molar-refractivity contribution < 1.29 is 13.3 Å². The van der Waals surface area contributed by atoms with Gasteiger partial charge in [0.05, 0.1) is 4.92 Å². The molecule has 2 saturated carbocycles. The van der Waals surface area contributed by atoms with Crippen LogP contribution in [0.2, 0.25) is 0 Å². The first-order chi connectivity index (χ1) is 20.4. The Morgan fingerprint density at radius 2 is 1.29 bits per heavy atom. The average Bonchev–Trinajstić information content (AvgIpc) is 3.03. The molecule has 0 radical (unpaired) electrons. The van der Waals surface area contributed by atoms with Crippen molar-refractivity contribution >= 4 is 15.7 Å². The normalized spacial score (nSPS) is 22.6. The standard InChI is InChI=1S/C20H24N2O4S.C14H21N/c1-2-21(27(25,26)20-15-9-8-14-19(20)22(23)24)18-13-7-6-12-17(18)16-10-4-3-5-11-16;1-2-15-14-11-7-6-10-13(14)12-8-4-3-5-9-12/h3-5,8-11,14-15,17-18H,2,6-7,12-13H2,1H3;3-5,8-9,13-15H,2,6-7,10-11H2,1H3/t17-,18+;13-,14+/m11/s1. The van der Waals surface area contributed by atoms with Crippen molar-refractivity contribution in [3.05, 3.63) is 106 Å². The minimum Gasteiger partial charge on any atom is -0.314 e. The molecule has 8 heteroatoms. The zero-order valence-electron chi connectivity index (χ0n) is 24.9. The van der Waals surface area contributed by atoms with Crippen molar-refractivity contribution in [2.75, 3.05) is 13.1 Å². The summed E-state index contributed by atoms with van der Waals surface area (Å²) in [6, 6.07) is 27.0. The number of hydrogen-bond donors (Lipinski definition) is 1. The highest BCUT2D eigenvalue weighted by Gasteiger charge is 2.39. The first-order valence-electron chi connectivity index (χ1n) is 15.5. The number of hydrogen-bond acceptors (Lipinski definition) is 5. The number of sulfonamides is 1. The second-order valence-corrected chi connectivity index (χ2v) is 13.1. The quantitative estimate of drug-likeness (QED) is 0.204. The fraction of sp³-hybridized carbons (Fsp3) is 0.471. The second-order valence-electron chi connectivity index (χ2n) is 11.3. The first-order valence-corrected chi connectivity index (χ1v) is 16.9. The van der Waals surface area contributed by atoms with E-state index < -0.39 is 14.9 Å². The van der Waals surface area contributed by atoms with Gasteiger partial charge in [-0.3, -0.25) is 10.1 Å². The highest BCUT2D eigenvalue weighted by atomic mass is 32.2. The van der Waals surface area contributed by atoms with Crippen LogP contribution in [0, 0.1) is 10.1 Å². The SMILES string of the molecule is CCN([C@H]1CCCC[C@@H]1c1ccccc1)S(=O)(=O)c1ccccc1[N+](=O)[O-].CCN[C@H]1CCCC[C@@H]1c1ccccc1. The molecule has 226 valence electrons. The van der Waals surface area contributed by atoms with E-state index in [1.807, 2.05) is 30.3 Å². The highest BCUT2D eigenvalue weighted by molar-refractivity contribution is 7.89. The number of likely N-dealkylation sites (N-methyl/N-ethyl adjacent to an activating group) is 2. The molecule has 0 aliphatic heterocycles. The van der Waals surface area contributed by atoms with Gasteiger partial charge in [-0.15, -0.1) is 0 Å². The lowest BCUT2D eigenvalue weighted by molar-refractivity contribution is -0.387. The molecule has 4 atom stereocenters. The Bertz CT molecular complexity index is 1370. The van der Waals surface area contributed by atoms with Gasteiger partial charge in [-0.05, 0) is 55.3 Å². The lowest BCUT2D eigenvalue weighted by Gasteiger charge is -2.39. The molecular weight excluding hydrogens is 546 g/mol. The predicted molar refractivity (Wildman–Crippen MR) is 169 cm³/mol. The van der Waals surface area contributed by atoms with Crippen LogP contribution in [0.25, 0.3) is 0 Å². The van der Waals surface area contributed by atoms with Gasteiger partial charge in [-0.2, -0.15) is 4.31 Å². The van der Waals surface area contributed by atoms with Crippen LogP contribution in [0.3, 0.4) is 0 Å². The fourth-order valence-corrected chi connectivity index (χ4v) is 8.68. The summed E-state index contributed by atoms with van der Waals surface area (Å²) in [7, 11) is -3.98. The molecule has 0 amide bonds. The van der Waals surface area contributed by atoms with Gasteiger partial charge in [0, 0.05) is 30.6 Å². The van der Waals surface area contributed by atoms with Gasteiger partial charge in [-0.25, -0.2) is 8.42 Å². The molecule has 0 spiro atoms. The van der Waals surface area contributed by atoms with Crippen LogP contribution in [-0.2, 0) is 10.0 Å². The van der Waals surface area contributed by atoms with Crippen LogP contribution in [0.1, 0.15) is 88.2 Å². The lowest BCUT2D eigenvalue weighted by atomic mass is 9.80. The Hall–Kier alpha value is -3.07. The monoisotopic (exact) mass is 591 g/mol. The van der Waals surface area contributed by atoms with Gasteiger partial charge in [0.15, 0.2) is 4.90 Å². The summed E-state index contributed by atoms with van der Waals surface area (Å²) in [5.41, 5.74) is 2.27. The van der Waals surface area contributed by atoms with Crippen molar-refractivity contribution in [3.63, 3.8) is 0 Å². The number of rotatable bonds is 9. The van der Waals surface area contributed by atoms with E-state index in [-0.39, 0.29) is 29.1 Å². The van der Waals surface area contributed by atoms with Gasteiger partial charge < -0.3 is 5.32 Å². The zero-order valence-corrected chi connectivity index (χ0v) is 25.7. The molecule has 2 aliphatic rings. The van der Waals surface area contributed by atoms with E-state index in [0.29, 0.717) is 6.04 Å². The van der Waals surface area contributed by atoms with Crippen LogP contribution in [0.5, 0.6) is 0 Å². The summed E-state index contributed by atoms with van der Waals surface area (Å²) in [4.78, 5) is 10.5. The summed E-state index contributed by atoms with van der Waals surface area (Å²) < 4.78 is 28.2. The van der Waals surface area contributed by atoms with E-state index in [4.69, 9.17) is 0 Å². The van der Waals surface area contributed by atoms with E-state index in [1.165, 1.54) is 59.8 Å². The number of benzene rings is 3. The molecule has 0 bridgehead atoms. The smallest absolute Gasteiger partial charge is 0.289 e. The summed E-state index contributed by atoms with van der Waals surface area (Å²) in [5, 5.41) is 15.0. The maximum absolute atomic E-state index is 13.4. The largest absolute Gasteiger partial charge is 0.314 e. The first kappa shape index (κ1) is 31.9. The molecule has 0 heterocycles. The number of nitro benzene ring substituents is 1. The Kier molecular flexibility index (Phi) is 11.7. The fourth-order valence-electron chi connectivity index (χ4n) is 6.82. The van der Waals surface area contributed by atoms with Crippen molar-refractivity contribution in [1.29, 1.82) is 0 Å². The Morgan fingerprint density at radius 3 is 1.88 bits per heavy atom. The van der Waals surface area contributed by atoms with Crippen molar-refractivity contribution in [2.24, 2.45) is 0 Å². The van der Waals surface area contributed by atoms with Crippen molar-refractivity contribution in [2.45, 2.75) is 94.0 Å². The minimum atomic E-state index is -3.98. The molecule has 7 nitrogen and oxygen atoms in total. The molecule has 2 aliphatic carbocycles. The van der Waals surface area contributed by atoms with Gasteiger partial charge >= 0.3 is 0 Å². The maximum atomic E-state index is 13.4. The minimum absolute atomic E-state index is 0.0949. The van der Waals surface area contributed by atoms with Crippen LogP contribution in [0.15, 0.2) is 89.8 Å². The zero-order chi connectivity index (χ0) is 30.0. The van der Waals surface area contributed by atoms with Crippen molar-refractivity contribution in [3.8, 4) is 0 Å². The van der Waals surface area contributed by atoms with E-state index in [9.17, 15) is 18.5 Å². The van der Waals surface area contributed by atoms with E-state index in [0.717, 1.165) is 43.7 Å². The summed E-state index contributed by atoms with van der Waals surface area (Å²) in [6.07, 6.45) is 9.15. The third kappa shape index (κ3) is 7.65. The second kappa shape index (κ2) is 15.4. The molecule has 0 unspecified atom stereocenters. The Morgan fingerprint density at radius 1 is 0.762 bits per heavy atom. The van der Waals surface area contributed by atoms with Crippen LogP contribution in [-0.4, -0.2) is 42.8 Å². The number of nitrogens with zero attached hydrogens (tertiary/aromatic N) is 2. The number of para-hydroxylation sites is 1. The molecular formula is C34H45N3O4S. The van der Waals surface area contributed by atoms with E-state index >= 15 is 0 Å². The third-order valence-corrected chi connectivity index (χ3v) is 10.8. The summed E-state index contributed by atoms with van der Waals surface area (Å²) in [5.74, 6) is 0.831. The van der Waals surface area contributed by atoms with Crippen molar-refractivity contribution in [1.82, 2.24) is 9.62 Å². The van der Waals surface area contributed by atoms with E-state index in [2.05, 4.69) is 42.6 Å². The van der Waals surface area contributed by atoms with Gasteiger partial charge in [0.1, 0.15) is 0 Å². The lowest BCUT2D eigenvalue weighted by Crippen LogP contribution is -2.45. The molecule has 1 N–H and O–H groups in total. The number of nitrogens with one attached hydrogen (secondary N) is 1. The molecule has 3 aromatic rings. The molecule has 2 fully saturated rings. The van der Waals surface area contributed by atoms with Gasteiger partial charge in [0.25, 0.3) is 5.69 Å². The average molecular weight is 592 g/mol. The Balaban J connectivity index is 0.000000227. The van der Waals surface area contributed by atoms with E-state index in [1.54, 1.807) is 6.92 Å². The molecule has 3 aromatic carbocycles. The molecule has 0 aromatic heterocycles. The molecule has 42 heavy (non-hydrogen) atoms. The van der Waals surface area contributed by atoms with Gasteiger partial charge in [0.2, 0.25) is 10.0 Å². The predicted octanol–water partition coefficient (Wildman–Crippen LogP) is 7.65.